The van der Waals surface area contributed by atoms with E-state index in [1.54, 1.807) is 18.3 Å². The molecule has 15 heavy (non-hydrogen) atoms. The maximum atomic E-state index is 12.1. The summed E-state index contributed by atoms with van der Waals surface area (Å²) in [5, 5.41) is 0. The van der Waals surface area contributed by atoms with Gasteiger partial charge in [-0.15, -0.1) is 0 Å². The van der Waals surface area contributed by atoms with Gasteiger partial charge >= 0.3 is 0 Å². The molecule has 1 heterocycles. The van der Waals surface area contributed by atoms with E-state index in [4.69, 9.17) is 4.74 Å². The zero-order valence-corrected chi connectivity index (χ0v) is 8.64. The van der Waals surface area contributed by atoms with Gasteiger partial charge in [-0.25, -0.2) is 4.98 Å². The topological polar surface area (TPSA) is 39.2 Å². The number of allylic oxidation sites excluding steroid dienone is 2. The van der Waals surface area contributed by atoms with Crippen LogP contribution in [0.25, 0.3) is 0 Å². The lowest BCUT2D eigenvalue weighted by molar-refractivity contribution is 0.0922. The molecule has 0 fully saturated rings. The van der Waals surface area contributed by atoms with Crippen LogP contribution >= 0.6 is 0 Å². The Labute approximate surface area is 88.8 Å². The van der Waals surface area contributed by atoms with Crippen molar-refractivity contribution >= 4 is 5.78 Å². The van der Waals surface area contributed by atoms with Crippen molar-refractivity contribution in [3.8, 4) is 5.88 Å². The van der Waals surface area contributed by atoms with Crippen molar-refractivity contribution < 1.29 is 9.53 Å². The predicted octanol–water partition coefficient (Wildman–Crippen LogP) is 2.24. The van der Waals surface area contributed by atoms with E-state index in [0.717, 1.165) is 12.8 Å². The highest BCUT2D eigenvalue weighted by Crippen LogP contribution is 2.25. The van der Waals surface area contributed by atoms with Gasteiger partial charge in [0.1, 0.15) is 0 Å². The first-order valence-electron chi connectivity index (χ1n) is 5.01. The molecule has 1 aromatic rings. The van der Waals surface area contributed by atoms with Crippen molar-refractivity contribution in [1.82, 2.24) is 4.98 Å². The number of ketones is 1. The maximum absolute atomic E-state index is 12.1. The largest absolute Gasteiger partial charge is 0.480 e. The first kappa shape index (κ1) is 9.90. The summed E-state index contributed by atoms with van der Waals surface area (Å²) in [7, 11) is 1.53. The van der Waals surface area contributed by atoms with Crippen molar-refractivity contribution in [3.63, 3.8) is 0 Å². The summed E-state index contributed by atoms with van der Waals surface area (Å²) in [6.07, 6.45) is 7.38. The Kier molecular flexibility index (Phi) is 2.81. The summed E-state index contributed by atoms with van der Waals surface area (Å²) in [5.41, 5.74) is 0.591. The fraction of sp³-hybridized carbons (Fsp3) is 0.333. The average Bonchev–Trinajstić information content (AvgIpc) is 2.81. The molecule has 0 aromatic carbocycles. The molecule has 0 N–H and O–H groups in total. The van der Waals surface area contributed by atoms with Crippen LogP contribution in [0.2, 0.25) is 0 Å². The van der Waals surface area contributed by atoms with Gasteiger partial charge in [0.15, 0.2) is 5.78 Å². The molecular formula is C12H13NO2. The highest BCUT2D eigenvalue weighted by atomic mass is 16.5. The zero-order valence-electron chi connectivity index (χ0n) is 8.64. The molecule has 1 aliphatic rings. The molecule has 3 nitrogen and oxygen atoms in total. The molecule has 3 heteroatoms. The molecule has 0 aliphatic heterocycles. The van der Waals surface area contributed by atoms with Gasteiger partial charge in [0.05, 0.1) is 12.7 Å². The first-order chi connectivity index (χ1) is 7.33. The SMILES string of the molecule is COc1ncccc1C(=O)C1CC=CC1. The van der Waals surface area contributed by atoms with Crippen LogP contribution in [-0.2, 0) is 0 Å². The summed E-state index contributed by atoms with van der Waals surface area (Å²) in [6.45, 7) is 0. The number of Topliss-reactive ketones (excluding diaryl/α,β-unsaturated/α-hetero) is 1. The summed E-state index contributed by atoms with van der Waals surface area (Å²) < 4.78 is 5.07. The van der Waals surface area contributed by atoms with Crippen LogP contribution in [0, 0.1) is 5.92 Å². The molecule has 0 saturated heterocycles. The molecule has 2 rings (SSSR count). The van der Waals surface area contributed by atoms with Crippen LogP contribution in [0.3, 0.4) is 0 Å². The second kappa shape index (κ2) is 4.26. The Morgan fingerprint density at radius 3 is 2.87 bits per heavy atom. The second-order valence-corrected chi connectivity index (χ2v) is 3.56. The Morgan fingerprint density at radius 1 is 1.47 bits per heavy atom. The summed E-state index contributed by atoms with van der Waals surface area (Å²) in [4.78, 5) is 16.1. The van der Waals surface area contributed by atoms with Crippen molar-refractivity contribution in [2.24, 2.45) is 5.92 Å². The quantitative estimate of drug-likeness (QED) is 0.558. The number of carbonyl (C=O) groups is 1. The Balaban J connectivity index is 2.24. The molecule has 0 unspecified atom stereocenters. The molecule has 0 atom stereocenters. The molecular weight excluding hydrogens is 190 g/mol. The normalized spacial score (nSPS) is 15.5. The fourth-order valence-corrected chi connectivity index (χ4v) is 1.79. The third kappa shape index (κ3) is 1.91. The van der Waals surface area contributed by atoms with Gasteiger partial charge in [-0.2, -0.15) is 0 Å². The number of aromatic nitrogens is 1. The lowest BCUT2D eigenvalue weighted by Crippen LogP contribution is -2.13. The smallest absolute Gasteiger partial charge is 0.224 e. The number of rotatable bonds is 3. The van der Waals surface area contributed by atoms with Gasteiger partial charge in [-0.3, -0.25) is 4.79 Å². The molecule has 0 spiro atoms. The number of methoxy groups -OCH3 is 1. The van der Waals surface area contributed by atoms with E-state index in [9.17, 15) is 4.79 Å². The minimum absolute atomic E-state index is 0.0723. The van der Waals surface area contributed by atoms with Crippen LogP contribution in [-0.4, -0.2) is 17.9 Å². The van der Waals surface area contributed by atoms with Crippen molar-refractivity contribution in [2.45, 2.75) is 12.8 Å². The number of pyridine rings is 1. The predicted molar refractivity (Wildman–Crippen MR) is 57.0 cm³/mol. The number of carbonyl (C=O) groups excluding carboxylic acids is 1. The maximum Gasteiger partial charge on any atom is 0.224 e. The van der Waals surface area contributed by atoms with Crippen LogP contribution in [0.4, 0.5) is 0 Å². The number of hydrogen-bond donors (Lipinski definition) is 0. The summed E-state index contributed by atoms with van der Waals surface area (Å²) in [6, 6.07) is 3.53. The Morgan fingerprint density at radius 2 is 2.20 bits per heavy atom. The Bertz CT molecular complexity index is 390. The first-order valence-corrected chi connectivity index (χ1v) is 5.01. The van der Waals surface area contributed by atoms with Crippen LogP contribution in [0.1, 0.15) is 23.2 Å². The highest BCUT2D eigenvalue weighted by Gasteiger charge is 2.23. The van der Waals surface area contributed by atoms with Crippen molar-refractivity contribution in [2.75, 3.05) is 7.11 Å². The van der Waals surface area contributed by atoms with E-state index in [1.165, 1.54) is 7.11 Å². The van der Waals surface area contributed by atoms with Gasteiger partial charge in [-0.1, -0.05) is 12.2 Å². The third-order valence-electron chi connectivity index (χ3n) is 2.61. The summed E-state index contributed by atoms with van der Waals surface area (Å²) >= 11 is 0. The molecule has 0 amide bonds. The minimum atomic E-state index is 0.0723. The molecule has 78 valence electrons. The average molecular weight is 203 g/mol. The van der Waals surface area contributed by atoms with Crippen LogP contribution < -0.4 is 4.74 Å². The minimum Gasteiger partial charge on any atom is -0.480 e. The van der Waals surface area contributed by atoms with Gasteiger partial charge in [0.2, 0.25) is 5.88 Å². The zero-order chi connectivity index (χ0) is 10.7. The third-order valence-corrected chi connectivity index (χ3v) is 2.61. The van der Waals surface area contributed by atoms with E-state index >= 15 is 0 Å². The van der Waals surface area contributed by atoms with Gasteiger partial charge in [0, 0.05) is 12.1 Å². The monoisotopic (exact) mass is 203 g/mol. The van der Waals surface area contributed by atoms with Crippen molar-refractivity contribution in [1.29, 1.82) is 0 Å². The van der Waals surface area contributed by atoms with Gasteiger partial charge in [0.25, 0.3) is 0 Å². The highest BCUT2D eigenvalue weighted by molar-refractivity contribution is 6.00. The van der Waals surface area contributed by atoms with E-state index < -0.39 is 0 Å². The number of hydrogen-bond acceptors (Lipinski definition) is 3. The molecule has 0 radical (unpaired) electrons. The van der Waals surface area contributed by atoms with Crippen LogP contribution in [0.5, 0.6) is 5.88 Å². The van der Waals surface area contributed by atoms with Crippen molar-refractivity contribution in [3.05, 3.63) is 36.0 Å². The molecule has 0 saturated carbocycles. The standard InChI is InChI=1S/C12H13NO2/c1-15-12-10(7-4-8-13-12)11(14)9-5-2-3-6-9/h2-4,7-9H,5-6H2,1H3. The number of nitrogens with zero attached hydrogens (tertiary/aromatic N) is 1. The van der Waals surface area contributed by atoms with E-state index in [1.807, 2.05) is 12.2 Å². The molecule has 1 aliphatic carbocycles. The van der Waals surface area contributed by atoms with Gasteiger partial charge in [-0.05, 0) is 25.0 Å². The lowest BCUT2D eigenvalue weighted by Gasteiger charge is -2.10. The van der Waals surface area contributed by atoms with E-state index in [0.29, 0.717) is 11.4 Å². The fourth-order valence-electron chi connectivity index (χ4n) is 1.79. The Hall–Kier alpha value is -1.64. The lowest BCUT2D eigenvalue weighted by atomic mass is 9.96. The molecule has 1 aromatic heterocycles. The van der Waals surface area contributed by atoms with E-state index in [2.05, 4.69) is 4.98 Å². The van der Waals surface area contributed by atoms with Crippen LogP contribution in [0.15, 0.2) is 30.5 Å². The number of ether oxygens (including phenoxy) is 1. The van der Waals surface area contributed by atoms with E-state index in [-0.39, 0.29) is 11.7 Å². The molecule has 0 bridgehead atoms. The second-order valence-electron chi connectivity index (χ2n) is 3.56. The summed E-state index contributed by atoms with van der Waals surface area (Å²) in [5.74, 6) is 0.627. The van der Waals surface area contributed by atoms with Gasteiger partial charge < -0.3 is 4.74 Å².